The number of sulfonamides is 1. The van der Waals surface area contributed by atoms with Crippen LogP contribution in [-0.4, -0.2) is 108 Å². The zero-order chi connectivity index (χ0) is 26.6. The summed E-state index contributed by atoms with van der Waals surface area (Å²) >= 11 is 1.13. The fourth-order valence-corrected chi connectivity index (χ4v) is 7.79. The number of anilines is 1. The summed E-state index contributed by atoms with van der Waals surface area (Å²) in [5.74, 6) is 0.140. The van der Waals surface area contributed by atoms with E-state index in [1.165, 1.54) is 4.31 Å². The second-order valence-electron chi connectivity index (χ2n) is 9.74. The molecule has 2 bridgehead atoms. The van der Waals surface area contributed by atoms with E-state index >= 15 is 0 Å². The Morgan fingerprint density at radius 2 is 1.95 bits per heavy atom. The topological polar surface area (TPSA) is 119 Å². The van der Waals surface area contributed by atoms with Gasteiger partial charge in [0, 0.05) is 50.2 Å². The van der Waals surface area contributed by atoms with E-state index < -0.39 is 39.5 Å². The highest BCUT2D eigenvalue weighted by Crippen LogP contribution is 2.38. The molecule has 0 radical (unpaired) electrons. The Bertz CT molecular complexity index is 1200. The van der Waals surface area contributed by atoms with Crippen LogP contribution < -0.4 is 4.90 Å². The molecule has 37 heavy (non-hydrogen) atoms. The lowest BCUT2D eigenvalue weighted by Crippen LogP contribution is -2.61. The van der Waals surface area contributed by atoms with Crippen molar-refractivity contribution in [3.8, 4) is 0 Å². The smallest absolute Gasteiger partial charge is 0.391 e. The fourth-order valence-electron chi connectivity index (χ4n) is 5.17. The van der Waals surface area contributed by atoms with Crippen LogP contribution in [0.25, 0.3) is 0 Å². The number of piperazine rings is 1. The first-order valence-electron chi connectivity index (χ1n) is 11.8. The predicted octanol–water partition coefficient (Wildman–Crippen LogP) is 1.02. The van der Waals surface area contributed by atoms with Crippen LogP contribution in [0.5, 0.6) is 0 Å². The molecule has 3 fully saturated rings. The zero-order valence-electron chi connectivity index (χ0n) is 20.0. The van der Waals surface area contributed by atoms with Crippen molar-refractivity contribution < 1.29 is 36.5 Å². The third-order valence-electron chi connectivity index (χ3n) is 7.42. The quantitative estimate of drug-likeness (QED) is 0.531. The van der Waals surface area contributed by atoms with Crippen molar-refractivity contribution in [3.05, 3.63) is 35.5 Å². The number of morpholine rings is 1. The molecular weight excluding hydrogens is 535 g/mol. The monoisotopic (exact) mass is 563 g/mol. The maximum Gasteiger partial charge on any atom is 0.421 e. The summed E-state index contributed by atoms with van der Waals surface area (Å²) in [6.45, 7) is 2.31. The van der Waals surface area contributed by atoms with Crippen molar-refractivity contribution in [2.45, 2.75) is 53.6 Å². The summed E-state index contributed by atoms with van der Waals surface area (Å²) in [7, 11) is -3.73. The number of hydrogen-bond donors (Lipinski definition) is 2. The Morgan fingerprint density at radius 3 is 2.57 bits per heavy atom. The van der Waals surface area contributed by atoms with Crippen LogP contribution in [0.15, 0.2) is 34.1 Å². The second-order valence-corrected chi connectivity index (χ2v) is 12.9. The number of aliphatic hydroxyl groups excluding tert-OH is 1. The molecular formula is C22H28F3N5O5S2. The molecule has 2 aromatic rings. The lowest BCUT2D eigenvalue weighted by molar-refractivity contribution is -0.259. The molecule has 2 N–H and O–H groups in total. The normalized spacial score (nSPS) is 29.4. The molecule has 3 aliphatic heterocycles. The Labute approximate surface area is 216 Å². The highest BCUT2D eigenvalue weighted by molar-refractivity contribution is 7.91. The summed E-state index contributed by atoms with van der Waals surface area (Å²) in [5, 5.41) is 22.1. The minimum atomic E-state index is -4.90. The van der Waals surface area contributed by atoms with Gasteiger partial charge in [0.05, 0.1) is 31.4 Å². The fraction of sp³-hybridized carbons (Fsp3) is 0.636. The molecule has 3 aliphatic rings. The average Bonchev–Trinajstić information content (AvgIpc) is 3.44. The van der Waals surface area contributed by atoms with Crippen LogP contribution in [0.3, 0.4) is 0 Å². The molecule has 15 heteroatoms. The van der Waals surface area contributed by atoms with E-state index in [2.05, 4.69) is 14.9 Å². The van der Waals surface area contributed by atoms with E-state index in [0.717, 1.165) is 23.7 Å². The average molecular weight is 564 g/mol. The van der Waals surface area contributed by atoms with Gasteiger partial charge < -0.3 is 19.8 Å². The summed E-state index contributed by atoms with van der Waals surface area (Å²) < 4.78 is 73.5. The molecule has 5 heterocycles. The van der Waals surface area contributed by atoms with E-state index in [9.17, 15) is 31.8 Å². The van der Waals surface area contributed by atoms with Crippen molar-refractivity contribution >= 4 is 27.3 Å². The number of thiophene rings is 1. The summed E-state index contributed by atoms with van der Waals surface area (Å²) in [6, 6.07) is 2.53. The molecule has 204 valence electrons. The van der Waals surface area contributed by atoms with Crippen molar-refractivity contribution in [2.24, 2.45) is 0 Å². The third-order valence-corrected chi connectivity index (χ3v) is 10.7. The van der Waals surface area contributed by atoms with Gasteiger partial charge in [0.25, 0.3) is 10.0 Å². The molecule has 10 nitrogen and oxygen atoms in total. The van der Waals surface area contributed by atoms with Gasteiger partial charge in [-0.3, -0.25) is 4.90 Å². The Balaban J connectivity index is 1.43. The number of rotatable bonds is 6. The van der Waals surface area contributed by atoms with Crippen molar-refractivity contribution in [1.82, 2.24) is 19.2 Å². The molecule has 0 aromatic carbocycles. The van der Waals surface area contributed by atoms with Gasteiger partial charge in [0.2, 0.25) is 5.95 Å². The van der Waals surface area contributed by atoms with Gasteiger partial charge in [0.15, 0.2) is 5.60 Å². The van der Waals surface area contributed by atoms with E-state index in [1.807, 2.05) is 0 Å². The van der Waals surface area contributed by atoms with E-state index in [-0.39, 0.29) is 41.9 Å². The molecule has 0 spiro atoms. The predicted molar refractivity (Wildman–Crippen MR) is 128 cm³/mol. The van der Waals surface area contributed by atoms with Crippen LogP contribution in [0.4, 0.5) is 19.1 Å². The van der Waals surface area contributed by atoms with E-state index in [0.29, 0.717) is 33.1 Å². The number of aliphatic hydroxyl groups is 2. The highest BCUT2D eigenvalue weighted by atomic mass is 32.2. The zero-order valence-corrected chi connectivity index (χ0v) is 21.6. The first kappa shape index (κ1) is 26.7. The van der Waals surface area contributed by atoms with E-state index in [1.54, 1.807) is 22.4 Å². The van der Waals surface area contributed by atoms with Crippen LogP contribution in [-0.2, 0) is 20.4 Å². The van der Waals surface area contributed by atoms with Crippen LogP contribution in [0, 0.1) is 0 Å². The SMILES string of the molecule is C[C@](O)(c1cnc(N2CCN(S(=O)(=O)c3cccs3)C[C@@H]2CN2[C@H]3COC[C@@H]2[C@H](O)C3)nc1)C(F)(F)F. The van der Waals surface area contributed by atoms with Crippen molar-refractivity contribution in [3.63, 3.8) is 0 Å². The third kappa shape index (κ3) is 4.86. The number of fused-ring (bicyclic) bond motifs is 2. The minimum absolute atomic E-state index is 0.0231. The molecule has 5 rings (SSSR count). The maximum absolute atomic E-state index is 13.3. The second kappa shape index (κ2) is 9.70. The van der Waals surface area contributed by atoms with Crippen LogP contribution in [0.1, 0.15) is 18.9 Å². The Hall–Kier alpha value is -1.88. The van der Waals surface area contributed by atoms with Crippen LogP contribution in [0.2, 0.25) is 0 Å². The van der Waals surface area contributed by atoms with Gasteiger partial charge in [-0.05, 0) is 24.8 Å². The van der Waals surface area contributed by atoms with Gasteiger partial charge in [-0.2, -0.15) is 17.5 Å². The van der Waals surface area contributed by atoms with Gasteiger partial charge in [-0.1, -0.05) is 6.07 Å². The van der Waals surface area contributed by atoms with Gasteiger partial charge in [-0.25, -0.2) is 18.4 Å². The van der Waals surface area contributed by atoms with Gasteiger partial charge >= 0.3 is 6.18 Å². The molecule has 0 saturated carbocycles. The number of aromatic nitrogens is 2. The van der Waals surface area contributed by atoms with E-state index in [4.69, 9.17) is 4.74 Å². The first-order chi connectivity index (χ1) is 17.4. The minimum Gasteiger partial charge on any atom is -0.391 e. The van der Waals surface area contributed by atoms with Gasteiger partial charge in [0.1, 0.15) is 4.21 Å². The Morgan fingerprint density at radius 1 is 1.22 bits per heavy atom. The highest BCUT2D eigenvalue weighted by Gasteiger charge is 2.52. The van der Waals surface area contributed by atoms with Crippen molar-refractivity contribution in [1.29, 1.82) is 0 Å². The number of ether oxygens (including phenoxy) is 1. The van der Waals surface area contributed by atoms with Crippen LogP contribution >= 0.6 is 11.3 Å². The lowest BCUT2D eigenvalue weighted by Gasteiger charge is -2.45. The molecule has 0 aliphatic carbocycles. The molecule has 2 aromatic heterocycles. The molecule has 0 unspecified atom stereocenters. The maximum atomic E-state index is 13.3. The number of nitrogens with zero attached hydrogens (tertiary/aromatic N) is 5. The molecule has 0 amide bonds. The Kier molecular flexibility index (Phi) is 7.00. The van der Waals surface area contributed by atoms with Crippen molar-refractivity contribution in [2.75, 3.05) is 44.3 Å². The molecule has 3 saturated heterocycles. The molecule has 5 atom stereocenters. The summed E-state index contributed by atoms with van der Waals surface area (Å²) in [6.07, 6.45) is -3.02. The largest absolute Gasteiger partial charge is 0.421 e. The first-order valence-corrected chi connectivity index (χ1v) is 14.1. The summed E-state index contributed by atoms with van der Waals surface area (Å²) in [4.78, 5) is 12.2. The number of halogens is 3. The van der Waals surface area contributed by atoms with Gasteiger partial charge in [-0.15, -0.1) is 11.3 Å². The number of hydrogen-bond acceptors (Lipinski definition) is 10. The summed E-state index contributed by atoms with van der Waals surface area (Å²) in [5.41, 5.74) is -3.60. The lowest BCUT2D eigenvalue weighted by atomic mass is 9.99. The standard InChI is InChI=1S/C22H28F3N5O5S2/c1-21(32,22(23,24)25)14-8-26-20(27-9-14)29-5-4-28(37(33,34)19-3-2-6-36-19)10-16(29)11-30-15-7-18(31)17(30)13-35-12-15/h2-3,6,8-9,15-18,31-32H,4-5,7,10-13H2,1H3/t15-,16-,17-,18-,21+/m1/s1. The number of alkyl halides is 3.